The molecule has 24 heteroatoms. The number of nitrogen functional groups attached to an aromatic ring is 1. The maximum absolute atomic E-state index is 12.0. The molecule has 1 fully saturated rings. The molecule has 2 aromatic rings. The van der Waals surface area contributed by atoms with E-state index in [1.807, 2.05) is 0 Å². The van der Waals surface area contributed by atoms with Crippen molar-refractivity contribution in [1.82, 2.24) is 24.4 Å². The molecule has 0 amide bonds. The van der Waals surface area contributed by atoms with Gasteiger partial charge < -0.3 is 40.3 Å². The van der Waals surface area contributed by atoms with Gasteiger partial charge >= 0.3 is 23.3 Å². The summed E-state index contributed by atoms with van der Waals surface area (Å²) in [7, 11) is -16.3. The molecule has 34 heavy (non-hydrogen) atoms. The number of nitrogens with one attached hydrogen (secondary N) is 1. The van der Waals surface area contributed by atoms with Crippen molar-refractivity contribution in [2.75, 3.05) is 12.3 Å². The molecule has 9 N–H and O–H groups in total. The molecule has 0 aromatic carbocycles. The largest absolute Gasteiger partial charge is 0.477 e. The van der Waals surface area contributed by atoms with Crippen LogP contribution in [0, 0.1) is 0 Å². The first-order valence-electron chi connectivity index (χ1n) is 8.56. The number of ether oxygens (including phenoxy) is 1. The Hall–Kier alpha value is -2.05. The van der Waals surface area contributed by atoms with Crippen molar-refractivity contribution in [2.24, 2.45) is 5.11 Å². The molecule has 0 bridgehead atoms. The van der Waals surface area contributed by atoms with Crippen molar-refractivity contribution in [2.45, 2.75) is 24.5 Å². The molecule has 0 aliphatic carbocycles. The highest BCUT2D eigenvalue weighted by Crippen LogP contribution is 2.60. The summed E-state index contributed by atoms with van der Waals surface area (Å²) in [6, 6.07) is 0. The fourth-order valence-electron chi connectivity index (χ4n) is 2.87. The van der Waals surface area contributed by atoms with Crippen LogP contribution in [0.5, 0.6) is 0 Å². The average Bonchev–Trinajstić information content (AvgIpc) is 3.16. The van der Waals surface area contributed by atoms with E-state index in [9.17, 15) is 33.7 Å². The molecule has 21 nitrogen and oxygen atoms in total. The van der Waals surface area contributed by atoms with E-state index in [-0.39, 0.29) is 22.9 Å². The molecule has 2 unspecified atom stereocenters. The monoisotopic (exact) mass is 547 g/mol. The molecule has 1 aliphatic rings. The Kier molecular flexibility index (Phi) is 7.45. The van der Waals surface area contributed by atoms with Crippen LogP contribution in [0.3, 0.4) is 0 Å². The van der Waals surface area contributed by atoms with Gasteiger partial charge in [0, 0.05) is 4.91 Å². The number of azide groups is 1. The van der Waals surface area contributed by atoms with Gasteiger partial charge in [0.2, 0.25) is 5.95 Å². The molecular formula is C10H16N9O12P3. The Labute approximate surface area is 187 Å². The lowest BCUT2D eigenvalue weighted by molar-refractivity contribution is -0.0477. The van der Waals surface area contributed by atoms with E-state index in [0.717, 1.165) is 15.8 Å². The van der Waals surface area contributed by atoms with Crippen LogP contribution in [0.2, 0.25) is 0 Å². The number of hydrogen-bond donors (Lipinski definition) is 8. The van der Waals surface area contributed by atoms with E-state index >= 15 is 0 Å². The SMILES string of the molecule is [N-]=[N+]=Nc1nc2c(N)ncnc2n1[C@@H]1O[C@H](COP(=O)(O)NP(=O)(O)OP(=O)(O)O)[C@@H](O)[C@H]1O. The number of rotatable bonds is 9. The van der Waals surface area contributed by atoms with Gasteiger partial charge in [0.25, 0.3) is 0 Å². The third kappa shape index (κ3) is 5.95. The number of hydrogen-bond acceptors (Lipinski definition) is 13. The molecule has 0 radical (unpaired) electrons. The smallest absolute Gasteiger partial charge is 0.387 e. The number of phosphoric acid groups is 1. The fourth-order valence-corrected chi connectivity index (χ4v) is 6.35. The Bertz CT molecular complexity index is 1280. The summed E-state index contributed by atoms with van der Waals surface area (Å²) in [5.74, 6) is -0.489. The first-order chi connectivity index (χ1) is 15.6. The Morgan fingerprint density at radius 2 is 1.88 bits per heavy atom. The van der Waals surface area contributed by atoms with Gasteiger partial charge in [-0.1, -0.05) is 0 Å². The van der Waals surface area contributed by atoms with E-state index < -0.39 is 54.5 Å². The molecule has 6 atom stereocenters. The first kappa shape index (κ1) is 26.6. The van der Waals surface area contributed by atoms with Crippen molar-refractivity contribution in [1.29, 1.82) is 0 Å². The molecule has 2 aromatic heterocycles. The van der Waals surface area contributed by atoms with E-state index in [4.69, 9.17) is 25.8 Å². The third-order valence-corrected chi connectivity index (χ3v) is 8.35. The van der Waals surface area contributed by atoms with Crippen LogP contribution < -0.4 is 10.6 Å². The molecule has 0 saturated carbocycles. The second-order valence-corrected chi connectivity index (χ2v) is 11.2. The molecule has 1 saturated heterocycles. The van der Waals surface area contributed by atoms with Crippen LogP contribution in [-0.4, -0.2) is 74.2 Å². The molecule has 3 heterocycles. The van der Waals surface area contributed by atoms with Crippen LogP contribution >= 0.6 is 23.3 Å². The Balaban J connectivity index is 1.80. The quantitative estimate of drug-likeness (QED) is 0.0797. The van der Waals surface area contributed by atoms with Gasteiger partial charge in [-0.05, 0) is 10.6 Å². The fraction of sp³-hybridized carbons (Fsp3) is 0.500. The summed E-state index contributed by atoms with van der Waals surface area (Å²) < 4.78 is 48.6. The van der Waals surface area contributed by atoms with E-state index in [1.54, 1.807) is 0 Å². The average molecular weight is 547 g/mol. The number of aliphatic hydroxyl groups is 2. The maximum atomic E-state index is 12.0. The standard InChI is InChI=1S/C10H16N9O12P3/c11-7-4-8(14-2-13-7)19(10(15-4)16-17-12)9-6(21)5(20)3(30-9)1-29-32(22,23)18-33(24,25)31-34(26,27)28/h2-3,5-6,9,20-21H,1H2,(H2,11,13,14)(H2,26,27,28)(H3,18,22,23,24,25)/t3-,5-,6-,9-/m1/s1. The Morgan fingerprint density at radius 1 is 1.21 bits per heavy atom. The third-order valence-electron chi connectivity index (χ3n) is 4.10. The summed E-state index contributed by atoms with van der Waals surface area (Å²) in [6.45, 7) is -0.994. The molecule has 0 spiro atoms. The van der Waals surface area contributed by atoms with Gasteiger partial charge in [0.05, 0.1) is 6.61 Å². The number of anilines is 1. The molecule has 3 rings (SSSR count). The zero-order chi connectivity index (χ0) is 25.5. The number of nitrogens with zero attached hydrogens (tertiary/aromatic N) is 7. The minimum atomic E-state index is -5.53. The minimum absolute atomic E-state index is 0.0253. The maximum Gasteiger partial charge on any atom is 0.477 e. The van der Waals surface area contributed by atoms with Gasteiger partial charge in [-0.25, -0.2) is 28.6 Å². The second-order valence-electron chi connectivity index (χ2n) is 6.46. The highest BCUT2D eigenvalue weighted by molar-refractivity contribution is 7.70. The van der Waals surface area contributed by atoms with Gasteiger partial charge in [0.15, 0.2) is 23.2 Å². The minimum Gasteiger partial charge on any atom is -0.387 e. The lowest BCUT2D eigenvalue weighted by Crippen LogP contribution is -2.34. The zero-order valence-electron chi connectivity index (χ0n) is 16.3. The van der Waals surface area contributed by atoms with Crippen LogP contribution in [0.1, 0.15) is 6.23 Å². The van der Waals surface area contributed by atoms with Gasteiger partial charge in [0.1, 0.15) is 24.6 Å². The highest BCUT2D eigenvalue weighted by atomic mass is 31.3. The van der Waals surface area contributed by atoms with Gasteiger partial charge in [-0.15, -0.1) is 4.86 Å². The number of aliphatic hydroxyl groups excluding tert-OH is 2. The van der Waals surface area contributed by atoms with Gasteiger partial charge in [-0.3, -0.25) is 9.09 Å². The number of aromatic nitrogens is 4. The number of nitrogens with two attached hydrogens (primary N) is 1. The van der Waals surface area contributed by atoms with Crippen LogP contribution in [-0.2, 0) is 27.3 Å². The molecular weight excluding hydrogens is 531 g/mol. The Morgan fingerprint density at radius 3 is 2.50 bits per heavy atom. The van der Waals surface area contributed by atoms with E-state index in [2.05, 4.69) is 33.8 Å². The highest BCUT2D eigenvalue weighted by Gasteiger charge is 2.47. The summed E-state index contributed by atoms with van der Waals surface area (Å²) in [5, 5.41) is 24.1. The van der Waals surface area contributed by atoms with Gasteiger partial charge in [-0.2, -0.15) is 4.31 Å². The van der Waals surface area contributed by atoms with E-state index in [0.29, 0.717) is 0 Å². The lowest BCUT2D eigenvalue weighted by Gasteiger charge is -2.20. The lowest BCUT2D eigenvalue weighted by atomic mass is 10.1. The molecule has 1 aliphatic heterocycles. The molecule has 188 valence electrons. The van der Waals surface area contributed by atoms with Crippen LogP contribution in [0.15, 0.2) is 11.4 Å². The predicted molar refractivity (Wildman–Crippen MR) is 106 cm³/mol. The summed E-state index contributed by atoms with van der Waals surface area (Å²) in [6.07, 6.45) is -5.60. The first-order valence-corrected chi connectivity index (χ1v) is 13.2. The van der Waals surface area contributed by atoms with Crippen molar-refractivity contribution in [3.05, 3.63) is 16.8 Å². The zero-order valence-corrected chi connectivity index (χ0v) is 19.0. The number of imidazole rings is 1. The van der Waals surface area contributed by atoms with Crippen molar-refractivity contribution in [3.8, 4) is 0 Å². The summed E-state index contributed by atoms with van der Waals surface area (Å²) in [4.78, 5) is 51.2. The topological polar surface area (TPSA) is 331 Å². The van der Waals surface area contributed by atoms with Crippen LogP contribution in [0.4, 0.5) is 11.8 Å². The number of fused-ring (bicyclic) bond motifs is 1. The predicted octanol–water partition coefficient (Wildman–Crippen LogP) is -1.11. The normalized spacial score (nSPS) is 26.6. The van der Waals surface area contributed by atoms with Crippen LogP contribution in [0.25, 0.3) is 21.6 Å². The summed E-state index contributed by atoms with van der Waals surface area (Å²) >= 11 is 0. The summed E-state index contributed by atoms with van der Waals surface area (Å²) in [5.41, 5.74) is 14.4. The van der Waals surface area contributed by atoms with Crippen molar-refractivity contribution in [3.63, 3.8) is 0 Å². The van der Waals surface area contributed by atoms with Crippen molar-refractivity contribution >= 4 is 46.2 Å². The van der Waals surface area contributed by atoms with E-state index in [1.165, 1.54) is 0 Å². The second kappa shape index (κ2) is 9.54. The van der Waals surface area contributed by atoms with Crippen molar-refractivity contribution < 1.29 is 57.1 Å².